The normalized spacial score (nSPS) is 17.9. The summed E-state index contributed by atoms with van der Waals surface area (Å²) in [6.45, 7) is 1.60. The van der Waals surface area contributed by atoms with E-state index in [1.165, 1.54) is 0 Å². The second-order valence-corrected chi connectivity index (χ2v) is 3.21. The van der Waals surface area contributed by atoms with E-state index in [1.807, 2.05) is 24.3 Å². The van der Waals surface area contributed by atoms with Gasteiger partial charge < -0.3 is 14.2 Å². The Morgan fingerprint density at radius 2 is 2.00 bits per heavy atom. The van der Waals surface area contributed by atoms with Crippen LogP contribution in [0.3, 0.4) is 0 Å². The van der Waals surface area contributed by atoms with Crippen LogP contribution < -0.4 is 9.47 Å². The summed E-state index contributed by atoms with van der Waals surface area (Å²) >= 11 is 0. The molecule has 1 unspecified atom stereocenters. The Bertz CT molecular complexity index is 363. The van der Waals surface area contributed by atoms with Gasteiger partial charge in [0.1, 0.15) is 19.3 Å². The molecule has 1 aliphatic rings. The Kier molecular flexibility index (Phi) is 3.11. The van der Waals surface area contributed by atoms with Crippen LogP contribution in [0.2, 0.25) is 0 Å². The predicted molar refractivity (Wildman–Crippen MR) is 56.0 cm³/mol. The maximum atomic E-state index is 5.54. The minimum atomic E-state index is 0.241. The summed E-state index contributed by atoms with van der Waals surface area (Å²) < 4.78 is 15.9. The monoisotopic (exact) mass is 204 g/mol. The Hall–Kier alpha value is -1.66. The van der Waals surface area contributed by atoms with Gasteiger partial charge in [-0.25, -0.2) is 0 Å². The number of ether oxygens (including phenoxy) is 3. The van der Waals surface area contributed by atoms with Crippen LogP contribution in [0.1, 0.15) is 0 Å². The fourth-order valence-electron chi connectivity index (χ4n) is 1.16. The first kappa shape index (κ1) is 9.88. The van der Waals surface area contributed by atoms with Crippen LogP contribution in [0.4, 0.5) is 0 Å². The molecular formula is C12H12O3. The molecular weight excluding hydrogens is 192 g/mol. The molecule has 1 atom stereocenters. The van der Waals surface area contributed by atoms with E-state index in [0.29, 0.717) is 18.1 Å². The molecule has 0 aromatic heterocycles. The summed E-state index contributed by atoms with van der Waals surface area (Å²) in [5.41, 5.74) is 0. The van der Waals surface area contributed by atoms with Gasteiger partial charge in [0.05, 0.1) is 6.61 Å². The van der Waals surface area contributed by atoms with E-state index in [0.717, 1.165) is 6.61 Å². The number of hydrogen-bond acceptors (Lipinski definition) is 3. The Labute approximate surface area is 89.0 Å². The van der Waals surface area contributed by atoms with Crippen molar-refractivity contribution in [1.29, 1.82) is 0 Å². The second-order valence-electron chi connectivity index (χ2n) is 3.21. The summed E-state index contributed by atoms with van der Waals surface area (Å²) in [6.07, 6.45) is 5.36. The van der Waals surface area contributed by atoms with Gasteiger partial charge >= 0.3 is 0 Å². The summed E-state index contributed by atoms with van der Waals surface area (Å²) in [6, 6.07) is 7.47. The molecule has 0 radical (unpaired) electrons. The summed E-state index contributed by atoms with van der Waals surface area (Å²) in [4.78, 5) is 0. The fourth-order valence-corrected chi connectivity index (χ4v) is 1.16. The van der Waals surface area contributed by atoms with Gasteiger partial charge in [0.25, 0.3) is 0 Å². The van der Waals surface area contributed by atoms with Crippen molar-refractivity contribution in [1.82, 2.24) is 0 Å². The Morgan fingerprint density at radius 1 is 1.33 bits per heavy atom. The van der Waals surface area contributed by atoms with E-state index in [4.69, 9.17) is 20.6 Å². The van der Waals surface area contributed by atoms with Crippen molar-refractivity contribution in [2.75, 3.05) is 19.8 Å². The second kappa shape index (κ2) is 4.72. The van der Waals surface area contributed by atoms with Crippen LogP contribution in [0.5, 0.6) is 11.5 Å². The number of rotatable bonds is 5. The lowest BCUT2D eigenvalue weighted by Crippen LogP contribution is -2.05. The largest absolute Gasteiger partial charge is 0.487 e. The van der Waals surface area contributed by atoms with E-state index in [-0.39, 0.29) is 12.7 Å². The van der Waals surface area contributed by atoms with Gasteiger partial charge in [0.2, 0.25) is 0 Å². The first-order chi connectivity index (χ1) is 7.40. The first-order valence-corrected chi connectivity index (χ1v) is 4.80. The SMILES string of the molecule is C#CCOc1ccccc1OCC1CO1. The molecule has 0 saturated carbocycles. The zero-order valence-electron chi connectivity index (χ0n) is 8.31. The third-order valence-electron chi connectivity index (χ3n) is 1.99. The fraction of sp³-hybridized carbons (Fsp3) is 0.333. The van der Waals surface area contributed by atoms with Crippen molar-refractivity contribution in [2.45, 2.75) is 6.10 Å². The van der Waals surface area contributed by atoms with Gasteiger partial charge in [0.15, 0.2) is 11.5 Å². The molecule has 78 valence electrons. The highest BCUT2D eigenvalue weighted by atomic mass is 16.6. The molecule has 3 heteroatoms. The molecule has 1 heterocycles. The van der Waals surface area contributed by atoms with Crippen LogP contribution in [0, 0.1) is 12.3 Å². The number of terminal acetylenes is 1. The Morgan fingerprint density at radius 3 is 2.60 bits per heavy atom. The smallest absolute Gasteiger partial charge is 0.162 e. The molecule has 3 nitrogen and oxygen atoms in total. The van der Waals surface area contributed by atoms with Gasteiger partial charge in [0, 0.05) is 0 Å². The molecule has 1 fully saturated rings. The van der Waals surface area contributed by atoms with Gasteiger partial charge in [-0.15, -0.1) is 6.42 Å². The molecule has 0 N–H and O–H groups in total. The number of epoxide rings is 1. The minimum Gasteiger partial charge on any atom is -0.487 e. The van der Waals surface area contributed by atoms with Gasteiger partial charge in [-0.05, 0) is 12.1 Å². The molecule has 15 heavy (non-hydrogen) atoms. The van der Waals surface area contributed by atoms with Gasteiger partial charge in [-0.3, -0.25) is 0 Å². The zero-order valence-corrected chi connectivity index (χ0v) is 8.31. The number of para-hydroxylation sites is 2. The molecule has 1 aliphatic heterocycles. The van der Waals surface area contributed by atoms with Crippen molar-refractivity contribution in [3.05, 3.63) is 24.3 Å². The van der Waals surface area contributed by atoms with Crippen LogP contribution in [0.25, 0.3) is 0 Å². The molecule has 0 aliphatic carbocycles. The van der Waals surface area contributed by atoms with Crippen LogP contribution in [-0.2, 0) is 4.74 Å². The lowest BCUT2D eigenvalue weighted by molar-refractivity contribution is 0.248. The van der Waals surface area contributed by atoms with Crippen molar-refractivity contribution in [3.8, 4) is 23.8 Å². The minimum absolute atomic E-state index is 0.241. The standard InChI is InChI=1S/C12H12O3/c1-2-7-13-11-5-3-4-6-12(11)15-9-10-8-14-10/h1,3-6,10H,7-9H2. The van der Waals surface area contributed by atoms with Crippen LogP contribution >= 0.6 is 0 Å². The van der Waals surface area contributed by atoms with Crippen LogP contribution in [-0.4, -0.2) is 25.9 Å². The molecule has 1 saturated heterocycles. The molecule has 2 rings (SSSR count). The van der Waals surface area contributed by atoms with E-state index < -0.39 is 0 Å². The summed E-state index contributed by atoms with van der Waals surface area (Å²) in [5, 5.41) is 0. The lowest BCUT2D eigenvalue weighted by Gasteiger charge is -2.09. The molecule has 1 aromatic carbocycles. The van der Waals surface area contributed by atoms with E-state index in [1.54, 1.807) is 0 Å². The predicted octanol–water partition coefficient (Wildman–Crippen LogP) is 1.48. The summed E-state index contributed by atoms with van der Waals surface area (Å²) in [5.74, 6) is 3.81. The maximum Gasteiger partial charge on any atom is 0.162 e. The third kappa shape index (κ3) is 2.90. The van der Waals surface area contributed by atoms with Crippen molar-refractivity contribution in [3.63, 3.8) is 0 Å². The summed E-state index contributed by atoms with van der Waals surface area (Å²) in [7, 11) is 0. The molecule has 0 amide bonds. The van der Waals surface area contributed by atoms with Crippen molar-refractivity contribution in [2.24, 2.45) is 0 Å². The zero-order chi connectivity index (χ0) is 10.5. The van der Waals surface area contributed by atoms with E-state index in [2.05, 4.69) is 5.92 Å². The molecule has 0 spiro atoms. The Balaban J connectivity index is 1.96. The quantitative estimate of drug-likeness (QED) is 0.537. The average molecular weight is 204 g/mol. The topological polar surface area (TPSA) is 31.0 Å². The number of benzene rings is 1. The average Bonchev–Trinajstić information content (AvgIpc) is 3.08. The van der Waals surface area contributed by atoms with Crippen molar-refractivity contribution < 1.29 is 14.2 Å². The lowest BCUT2D eigenvalue weighted by atomic mass is 10.3. The number of hydrogen-bond donors (Lipinski definition) is 0. The van der Waals surface area contributed by atoms with E-state index >= 15 is 0 Å². The van der Waals surface area contributed by atoms with E-state index in [9.17, 15) is 0 Å². The van der Waals surface area contributed by atoms with Gasteiger partial charge in [-0.1, -0.05) is 18.1 Å². The highest BCUT2D eigenvalue weighted by Crippen LogP contribution is 2.27. The molecule has 1 aromatic rings. The first-order valence-electron chi connectivity index (χ1n) is 4.80. The highest BCUT2D eigenvalue weighted by molar-refractivity contribution is 5.39. The highest BCUT2D eigenvalue weighted by Gasteiger charge is 2.23. The molecule has 0 bridgehead atoms. The van der Waals surface area contributed by atoms with Crippen molar-refractivity contribution >= 4 is 0 Å². The van der Waals surface area contributed by atoms with Gasteiger partial charge in [-0.2, -0.15) is 0 Å². The maximum absolute atomic E-state index is 5.54. The van der Waals surface area contributed by atoms with Crippen LogP contribution in [0.15, 0.2) is 24.3 Å². The third-order valence-corrected chi connectivity index (χ3v) is 1.99.